The van der Waals surface area contributed by atoms with E-state index >= 15 is 0 Å². The van der Waals surface area contributed by atoms with Crippen molar-refractivity contribution in [1.82, 2.24) is 15.2 Å². The molecular formula is C16H21ClN4O5. The van der Waals surface area contributed by atoms with Crippen LogP contribution in [-0.4, -0.2) is 34.5 Å². The Kier molecular flexibility index (Phi) is 6.76. The standard InChI is InChI=1S/C16H20N4O5.ClH/c21-15(18-11-5-7-17-8-6-11)2-1-9-19-13-4-3-12(20(23)24)10-14(13)25-16(19)22;/h3-4,10-11,17H,1-2,5-9H2,(H,18,21);1H. The van der Waals surface area contributed by atoms with Crippen LogP contribution in [0.15, 0.2) is 27.4 Å². The first-order chi connectivity index (χ1) is 12.0. The summed E-state index contributed by atoms with van der Waals surface area (Å²) in [7, 11) is 0. The molecule has 10 heteroatoms. The Labute approximate surface area is 155 Å². The highest BCUT2D eigenvalue weighted by molar-refractivity contribution is 5.85. The number of benzene rings is 1. The predicted molar refractivity (Wildman–Crippen MR) is 97.6 cm³/mol. The third-order valence-corrected chi connectivity index (χ3v) is 4.35. The fourth-order valence-electron chi connectivity index (χ4n) is 3.04. The molecule has 0 radical (unpaired) electrons. The van der Waals surface area contributed by atoms with Gasteiger partial charge in [-0.15, -0.1) is 12.4 Å². The van der Waals surface area contributed by atoms with Gasteiger partial charge < -0.3 is 15.1 Å². The maximum Gasteiger partial charge on any atom is 0.419 e. The Hall–Kier alpha value is -2.39. The third-order valence-electron chi connectivity index (χ3n) is 4.35. The number of aryl methyl sites for hydroxylation is 1. The van der Waals surface area contributed by atoms with E-state index < -0.39 is 10.7 Å². The minimum atomic E-state index is -0.575. The first-order valence-corrected chi connectivity index (χ1v) is 8.32. The van der Waals surface area contributed by atoms with E-state index in [2.05, 4.69) is 10.6 Å². The van der Waals surface area contributed by atoms with Crippen molar-refractivity contribution in [3.8, 4) is 0 Å². The smallest absolute Gasteiger partial charge is 0.407 e. The van der Waals surface area contributed by atoms with Crippen molar-refractivity contribution in [3.05, 3.63) is 38.9 Å². The topological polar surface area (TPSA) is 119 Å². The molecular weight excluding hydrogens is 364 g/mol. The highest BCUT2D eigenvalue weighted by atomic mass is 35.5. The fourth-order valence-corrected chi connectivity index (χ4v) is 3.04. The Morgan fingerprint density at radius 2 is 2.12 bits per heavy atom. The summed E-state index contributed by atoms with van der Waals surface area (Å²) in [6.07, 6.45) is 2.66. The number of carbonyl (C=O) groups excluding carboxylic acids is 1. The molecule has 1 fully saturated rings. The number of carbonyl (C=O) groups is 1. The number of halogens is 1. The Morgan fingerprint density at radius 1 is 1.38 bits per heavy atom. The van der Waals surface area contributed by atoms with Crippen molar-refractivity contribution < 1.29 is 14.1 Å². The molecule has 0 aliphatic carbocycles. The molecule has 0 atom stereocenters. The van der Waals surface area contributed by atoms with Crippen LogP contribution in [0.4, 0.5) is 5.69 Å². The van der Waals surface area contributed by atoms with Crippen LogP contribution in [0, 0.1) is 10.1 Å². The lowest BCUT2D eigenvalue weighted by molar-refractivity contribution is -0.384. The first-order valence-electron chi connectivity index (χ1n) is 8.32. The van der Waals surface area contributed by atoms with Gasteiger partial charge >= 0.3 is 5.76 Å². The quantitative estimate of drug-likeness (QED) is 0.576. The largest absolute Gasteiger partial charge is 0.419 e. The highest BCUT2D eigenvalue weighted by Gasteiger charge is 2.16. The van der Waals surface area contributed by atoms with E-state index in [0.29, 0.717) is 24.9 Å². The van der Waals surface area contributed by atoms with Gasteiger partial charge in [0.2, 0.25) is 5.91 Å². The number of hydrogen-bond donors (Lipinski definition) is 2. The number of amides is 1. The zero-order chi connectivity index (χ0) is 17.8. The number of nitro benzene ring substituents is 1. The van der Waals surface area contributed by atoms with Gasteiger partial charge in [0.15, 0.2) is 5.58 Å². The van der Waals surface area contributed by atoms with E-state index in [0.717, 1.165) is 25.9 Å². The summed E-state index contributed by atoms with van der Waals surface area (Å²) >= 11 is 0. The molecule has 0 bridgehead atoms. The minimum absolute atomic E-state index is 0. The molecule has 2 N–H and O–H groups in total. The predicted octanol–water partition coefficient (Wildman–Crippen LogP) is 1.57. The monoisotopic (exact) mass is 384 g/mol. The lowest BCUT2D eigenvalue weighted by Crippen LogP contribution is -2.42. The highest BCUT2D eigenvalue weighted by Crippen LogP contribution is 2.20. The molecule has 26 heavy (non-hydrogen) atoms. The van der Waals surface area contributed by atoms with Crippen molar-refractivity contribution in [3.63, 3.8) is 0 Å². The van der Waals surface area contributed by atoms with Gasteiger partial charge in [-0.25, -0.2) is 4.79 Å². The van der Waals surface area contributed by atoms with Crippen LogP contribution >= 0.6 is 12.4 Å². The van der Waals surface area contributed by atoms with Gasteiger partial charge in [0.1, 0.15) is 0 Å². The van der Waals surface area contributed by atoms with Gasteiger partial charge in [0, 0.05) is 25.1 Å². The van der Waals surface area contributed by atoms with E-state index in [1.54, 1.807) is 0 Å². The number of piperidine rings is 1. The molecule has 1 aromatic carbocycles. The molecule has 1 amide bonds. The van der Waals surface area contributed by atoms with Gasteiger partial charge in [0.25, 0.3) is 5.69 Å². The van der Waals surface area contributed by atoms with E-state index in [1.165, 1.54) is 22.8 Å². The van der Waals surface area contributed by atoms with Crippen molar-refractivity contribution >= 4 is 35.1 Å². The molecule has 3 rings (SSSR count). The summed E-state index contributed by atoms with van der Waals surface area (Å²) in [5.41, 5.74) is 0.544. The van der Waals surface area contributed by atoms with Gasteiger partial charge in [0.05, 0.1) is 16.5 Å². The second kappa shape index (κ2) is 8.81. The molecule has 2 heterocycles. The Bertz CT molecular complexity index is 841. The molecule has 1 saturated heterocycles. The van der Waals surface area contributed by atoms with E-state index in [4.69, 9.17) is 4.42 Å². The van der Waals surface area contributed by atoms with Crippen LogP contribution in [-0.2, 0) is 11.3 Å². The zero-order valence-electron chi connectivity index (χ0n) is 14.1. The SMILES string of the molecule is Cl.O=C(CCCn1c(=O)oc2cc([N+](=O)[O-])ccc21)NC1CCNCC1. The molecule has 0 saturated carbocycles. The summed E-state index contributed by atoms with van der Waals surface area (Å²) in [6.45, 7) is 2.14. The van der Waals surface area contributed by atoms with Crippen molar-refractivity contribution in [2.24, 2.45) is 0 Å². The molecule has 142 valence electrons. The number of non-ortho nitro benzene ring substituents is 1. The van der Waals surface area contributed by atoms with Crippen LogP contribution in [0.5, 0.6) is 0 Å². The average molecular weight is 385 g/mol. The number of nitrogens with zero attached hydrogens (tertiary/aromatic N) is 2. The number of nitrogens with one attached hydrogen (secondary N) is 2. The van der Waals surface area contributed by atoms with E-state index in [-0.39, 0.29) is 35.6 Å². The number of oxazole rings is 1. The van der Waals surface area contributed by atoms with E-state index in [1.807, 2.05) is 0 Å². The summed E-state index contributed by atoms with van der Waals surface area (Å²) in [5.74, 6) is -0.599. The Balaban J connectivity index is 0.00000243. The molecule has 0 spiro atoms. The third kappa shape index (κ3) is 4.61. The summed E-state index contributed by atoms with van der Waals surface area (Å²) in [4.78, 5) is 34.2. The minimum Gasteiger partial charge on any atom is -0.407 e. The van der Waals surface area contributed by atoms with Crippen LogP contribution in [0.2, 0.25) is 0 Å². The van der Waals surface area contributed by atoms with Gasteiger partial charge in [-0.3, -0.25) is 19.5 Å². The van der Waals surface area contributed by atoms with Gasteiger partial charge in [-0.2, -0.15) is 0 Å². The second-order valence-corrected chi connectivity index (χ2v) is 6.12. The van der Waals surface area contributed by atoms with Crippen LogP contribution in [0.1, 0.15) is 25.7 Å². The molecule has 1 aromatic heterocycles. The molecule has 1 aliphatic heterocycles. The lowest BCUT2D eigenvalue weighted by Gasteiger charge is -2.23. The van der Waals surface area contributed by atoms with Crippen LogP contribution in [0.3, 0.4) is 0 Å². The van der Waals surface area contributed by atoms with E-state index in [9.17, 15) is 19.7 Å². The summed E-state index contributed by atoms with van der Waals surface area (Å²) < 4.78 is 6.46. The summed E-state index contributed by atoms with van der Waals surface area (Å²) in [6, 6.07) is 4.27. The number of rotatable bonds is 6. The zero-order valence-corrected chi connectivity index (χ0v) is 14.9. The maximum absolute atomic E-state index is 12.0. The van der Waals surface area contributed by atoms with Gasteiger partial charge in [-0.1, -0.05) is 0 Å². The number of aromatic nitrogens is 1. The molecule has 9 nitrogen and oxygen atoms in total. The first kappa shape index (κ1) is 19.9. The van der Waals surface area contributed by atoms with Gasteiger partial charge in [-0.05, 0) is 38.4 Å². The number of nitro groups is 1. The molecule has 0 unspecified atom stereocenters. The summed E-state index contributed by atoms with van der Waals surface area (Å²) in [5, 5.41) is 17.0. The molecule has 1 aliphatic rings. The van der Waals surface area contributed by atoms with Crippen LogP contribution < -0.4 is 16.4 Å². The van der Waals surface area contributed by atoms with Crippen molar-refractivity contribution in [1.29, 1.82) is 0 Å². The maximum atomic E-state index is 12.0. The van der Waals surface area contributed by atoms with Crippen molar-refractivity contribution in [2.75, 3.05) is 13.1 Å². The van der Waals surface area contributed by atoms with Crippen LogP contribution in [0.25, 0.3) is 11.1 Å². The van der Waals surface area contributed by atoms with Crippen molar-refractivity contribution in [2.45, 2.75) is 38.3 Å². The molecule has 2 aromatic rings. The Morgan fingerprint density at radius 3 is 2.81 bits per heavy atom. The normalized spacial score (nSPS) is 14.8. The average Bonchev–Trinajstić information content (AvgIpc) is 2.90. The number of hydrogen-bond acceptors (Lipinski definition) is 6. The second-order valence-electron chi connectivity index (χ2n) is 6.12. The number of fused-ring (bicyclic) bond motifs is 1. The fraction of sp³-hybridized carbons (Fsp3) is 0.500. The lowest BCUT2D eigenvalue weighted by atomic mass is 10.1.